The van der Waals surface area contributed by atoms with Crippen molar-refractivity contribution in [2.24, 2.45) is 11.8 Å². The highest BCUT2D eigenvalue weighted by Crippen LogP contribution is 2.34. The van der Waals surface area contributed by atoms with Crippen LogP contribution >= 0.6 is 0 Å². The average molecular weight is 355 g/mol. The summed E-state index contributed by atoms with van der Waals surface area (Å²) in [6, 6.07) is 7.80. The maximum Gasteiger partial charge on any atom is 0.230 e. The van der Waals surface area contributed by atoms with Crippen LogP contribution in [-0.4, -0.2) is 47.3 Å². The van der Waals surface area contributed by atoms with Crippen molar-refractivity contribution in [1.29, 1.82) is 0 Å². The van der Waals surface area contributed by atoms with Crippen LogP contribution in [0.25, 0.3) is 0 Å². The van der Waals surface area contributed by atoms with Crippen molar-refractivity contribution in [3.8, 4) is 0 Å². The Kier molecular flexibility index (Phi) is 5.02. The van der Waals surface area contributed by atoms with Gasteiger partial charge in [0.15, 0.2) is 0 Å². The molecule has 3 heterocycles. The summed E-state index contributed by atoms with van der Waals surface area (Å²) in [4.78, 5) is 19.2. The molecular formula is C20H25N3O3. The fraction of sp³-hybridized carbons (Fsp3) is 0.550. The number of ether oxygens (including phenoxy) is 1. The van der Waals surface area contributed by atoms with Gasteiger partial charge in [0, 0.05) is 49.5 Å². The summed E-state index contributed by atoms with van der Waals surface area (Å²) in [5.41, 5.74) is 1.84. The first-order valence-electron chi connectivity index (χ1n) is 9.37. The van der Waals surface area contributed by atoms with Crippen LogP contribution in [0.5, 0.6) is 0 Å². The van der Waals surface area contributed by atoms with Crippen molar-refractivity contribution >= 4 is 5.91 Å². The Morgan fingerprint density at radius 1 is 1.31 bits per heavy atom. The average Bonchev–Trinajstić information content (AvgIpc) is 3.22. The largest absolute Gasteiger partial charge is 0.381 e. The van der Waals surface area contributed by atoms with Gasteiger partial charge in [-0.25, -0.2) is 0 Å². The lowest BCUT2D eigenvalue weighted by atomic mass is 9.93. The molecule has 0 aromatic carbocycles. The number of rotatable bonds is 7. The normalized spacial score (nSPS) is 22.7. The lowest BCUT2D eigenvalue weighted by Gasteiger charge is -2.17. The molecule has 1 saturated carbocycles. The summed E-state index contributed by atoms with van der Waals surface area (Å²) >= 11 is 0. The number of amides is 1. The molecule has 0 radical (unpaired) electrons. The molecule has 0 bridgehead atoms. The molecule has 1 amide bonds. The third-order valence-electron chi connectivity index (χ3n) is 5.25. The van der Waals surface area contributed by atoms with Crippen molar-refractivity contribution in [2.75, 3.05) is 26.3 Å². The Morgan fingerprint density at radius 2 is 2.19 bits per heavy atom. The smallest absolute Gasteiger partial charge is 0.230 e. The minimum absolute atomic E-state index is 0.0757. The van der Waals surface area contributed by atoms with Gasteiger partial charge in [-0.05, 0) is 37.8 Å². The van der Waals surface area contributed by atoms with Gasteiger partial charge < -0.3 is 14.2 Å². The van der Waals surface area contributed by atoms with Gasteiger partial charge in [0.1, 0.15) is 5.76 Å². The third kappa shape index (κ3) is 4.12. The molecule has 0 N–H and O–H groups in total. The molecule has 2 aliphatic rings. The van der Waals surface area contributed by atoms with Crippen molar-refractivity contribution in [1.82, 2.24) is 15.0 Å². The van der Waals surface area contributed by atoms with Gasteiger partial charge in [0.2, 0.25) is 5.91 Å². The van der Waals surface area contributed by atoms with E-state index >= 15 is 0 Å². The second-order valence-corrected chi connectivity index (χ2v) is 7.51. The minimum Gasteiger partial charge on any atom is -0.381 e. The Labute approximate surface area is 153 Å². The summed E-state index contributed by atoms with van der Waals surface area (Å²) in [7, 11) is 0. The molecule has 0 unspecified atom stereocenters. The number of carbonyl (C=O) groups excluding carboxylic acids is 1. The van der Waals surface area contributed by atoms with E-state index in [1.165, 1.54) is 12.8 Å². The number of nitrogens with zero attached hydrogens (tertiary/aromatic N) is 3. The zero-order valence-electron chi connectivity index (χ0n) is 15.1. The van der Waals surface area contributed by atoms with Crippen LogP contribution in [0.15, 0.2) is 35.0 Å². The van der Waals surface area contributed by atoms with Crippen molar-refractivity contribution < 1.29 is 14.1 Å². The molecule has 138 valence electrons. The van der Waals surface area contributed by atoms with Gasteiger partial charge in [-0.2, -0.15) is 0 Å². The van der Waals surface area contributed by atoms with Crippen LogP contribution < -0.4 is 0 Å². The number of aryl methyl sites for hydroxylation is 1. The van der Waals surface area contributed by atoms with Crippen LogP contribution in [0.4, 0.5) is 0 Å². The van der Waals surface area contributed by atoms with E-state index in [1.807, 2.05) is 42.3 Å². The quantitative estimate of drug-likeness (QED) is 0.764. The molecule has 26 heavy (non-hydrogen) atoms. The number of pyridine rings is 1. The van der Waals surface area contributed by atoms with E-state index < -0.39 is 0 Å². The van der Waals surface area contributed by atoms with E-state index in [9.17, 15) is 4.79 Å². The first kappa shape index (κ1) is 17.2. The van der Waals surface area contributed by atoms with Gasteiger partial charge in [-0.15, -0.1) is 0 Å². The molecule has 0 spiro atoms. The number of hydrogen-bond acceptors (Lipinski definition) is 5. The third-order valence-corrected chi connectivity index (χ3v) is 5.25. The number of hydrogen-bond donors (Lipinski definition) is 0. The van der Waals surface area contributed by atoms with E-state index in [-0.39, 0.29) is 24.2 Å². The topological polar surface area (TPSA) is 68.5 Å². The fourth-order valence-corrected chi connectivity index (χ4v) is 3.61. The minimum atomic E-state index is 0.0757. The number of likely N-dealkylation sites (tertiary alicyclic amines) is 1. The molecule has 1 aliphatic heterocycles. The van der Waals surface area contributed by atoms with Crippen molar-refractivity contribution in [3.05, 3.63) is 47.6 Å². The SMILES string of the molecule is Cc1cc(CC(=O)N2C[C@@H](COCC3CC3)[C@H](c3ccccn3)C2)on1. The summed E-state index contributed by atoms with van der Waals surface area (Å²) < 4.78 is 11.1. The predicted molar refractivity (Wildman–Crippen MR) is 95.5 cm³/mol. The van der Waals surface area contributed by atoms with Crippen molar-refractivity contribution in [2.45, 2.75) is 32.1 Å². The molecule has 2 aromatic heterocycles. The van der Waals surface area contributed by atoms with Crippen LogP contribution in [0.2, 0.25) is 0 Å². The standard InChI is InChI=1S/C20H25N3O3/c1-14-8-17(26-22-14)9-20(24)23-10-16(13-25-12-15-5-6-15)18(11-23)19-4-2-3-7-21-19/h2-4,7-8,15-16,18H,5-6,9-13H2,1H3/t16-,18+/m0/s1. The molecule has 4 rings (SSSR count). The highest BCUT2D eigenvalue weighted by molar-refractivity contribution is 5.78. The number of aromatic nitrogens is 2. The maximum atomic E-state index is 12.7. The first-order chi connectivity index (χ1) is 12.7. The summed E-state index contributed by atoms with van der Waals surface area (Å²) in [5.74, 6) is 1.94. The predicted octanol–water partition coefficient (Wildman–Crippen LogP) is 2.59. The summed E-state index contributed by atoms with van der Waals surface area (Å²) in [5, 5.41) is 3.86. The molecule has 1 aliphatic carbocycles. The first-order valence-corrected chi connectivity index (χ1v) is 9.37. The van der Waals surface area contributed by atoms with E-state index in [0.717, 1.165) is 23.9 Å². The molecule has 2 fully saturated rings. The highest BCUT2D eigenvalue weighted by atomic mass is 16.5. The second kappa shape index (κ2) is 7.58. The second-order valence-electron chi connectivity index (χ2n) is 7.51. The lowest BCUT2D eigenvalue weighted by Crippen LogP contribution is -2.30. The molecule has 2 atom stereocenters. The molecular weight excluding hydrogens is 330 g/mol. The van der Waals surface area contributed by atoms with Gasteiger partial charge in [0.05, 0.1) is 18.7 Å². The van der Waals surface area contributed by atoms with Gasteiger partial charge in [0.25, 0.3) is 0 Å². The summed E-state index contributed by atoms with van der Waals surface area (Å²) in [6.45, 7) is 4.77. The molecule has 2 aromatic rings. The maximum absolute atomic E-state index is 12.7. The van der Waals surface area contributed by atoms with E-state index in [2.05, 4.69) is 10.1 Å². The zero-order valence-corrected chi connectivity index (χ0v) is 15.1. The lowest BCUT2D eigenvalue weighted by molar-refractivity contribution is -0.130. The fourth-order valence-electron chi connectivity index (χ4n) is 3.61. The van der Waals surface area contributed by atoms with Crippen LogP contribution in [0.3, 0.4) is 0 Å². The van der Waals surface area contributed by atoms with Crippen LogP contribution in [0, 0.1) is 18.8 Å². The Hall–Kier alpha value is -2.21. The van der Waals surface area contributed by atoms with E-state index in [4.69, 9.17) is 9.26 Å². The highest BCUT2D eigenvalue weighted by Gasteiger charge is 2.37. The Bertz CT molecular complexity index is 742. The van der Waals surface area contributed by atoms with Crippen LogP contribution in [0.1, 0.15) is 35.9 Å². The molecule has 1 saturated heterocycles. The van der Waals surface area contributed by atoms with Gasteiger partial charge in [-0.3, -0.25) is 9.78 Å². The van der Waals surface area contributed by atoms with E-state index in [1.54, 1.807) is 0 Å². The number of carbonyl (C=O) groups is 1. The molecule has 6 heteroatoms. The zero-order chi connectivity index (χ0) is 17.9. The van der Waals surface area contributed by atoms with Gasteiger partial charge >= 0.3 is 0 Å². The monoisotopic (exact) mass is 355 g/mol. The van der Waals surface area contributed by atoms with Crippen molar-refractivity contribution in [3.63, 3.8) is 0 Å². The van der Waals surface area contributed by atoms with E-state index in [0.29, 0.717) is 25.5 Å². The van der Waals surface area contributed by atoms with Crippen LogP contribution in [-0.2, 0) is 16.0 Å². The Balaban J connectivity index is 1.42. The summed E-state index contributed by atoms with van der Waals surface area (Å²) in [6.07, 6.45) is 4.65. The Morgan fingerprint density at radius 3 is 2.88 bits per heavy atom. The van der Waals surface area contributed by atoms with Gasteiger partial charge in [-0.1, -0.05) is 11.2 Å². The molecule has 6 nitrogen and oxygen atoms in total.